The van der Waals surface area contributed by atoms with Gasteiger partial charge in [-0.05, 0) is 61.1 Å². The molecule has 0 unspecified atom stereocenters. The Kier molecular flexibility index (Phi) is 3.58. The van der Waals surface area contributed by atoms with Crippen LogP contribution in [0.5, 0.6) is 0 Å². The molecular weight excluding hydrogens is 299 g/mol. The molecule has 1 heterocycles. The third-order valence-electron chi connectivity index (χ3n) is 6.87. The van der Waals surface area contributed by atoms with E-state index in [-0.39, 0.29) is 24.8 Å². The topological polar surface area (TPSA) is 68.3 Å². The number of nitrogens with zero attached hydrogens (tertiary/aromatic N) is 1. The Balaban J connectivity index is 1.45. The molecule has 0 aromatic heterocycles. The molecule has 3 saturated carbocycles. The van der Waals surface area contributed by atoms with E-state index >= 15 is 0 Å². The zero-order chi connectivity index (χ0) is 17.1. The van der Waals surface area contributed by atoms with E-state index < -0.39 is 0 Å². The zero-order valence-corrected chi connectivity index (χ0v) is 14.7. The third kappa shape index (κ3) is 2.24. The van der Waals surface area contributed by atoms with E-state index in [9.17, 15) is 0 Å². The van der Waals surface area contributed by atoms with Gasteiger partial charge in [0.1, 0.15) is 0 Å². The highest BCUT2D eigenvalue weighted by atomic mass is 16.7. The van der Waals surface area contributed by atoms with Crippen LogP contribution in [0.25, 0.3) is 0 Å². The number of nitriles is 1. The van der Waals surface area contributed by atoms with E-state index in [2.05, 4.69) is 26.8 Å². The SMILES string of the molecule is CC1(C)[C@@H]2C[C@H]3OB([C@@H](N)Cc4ccc(C#N)cc4)O[C@@]3(C)[C@H]1C2. The van der Waals surface area contributed by atoms with Crippen LogP contribution in [0.3, 0.4) is 0 Å². The molecular formula is C19H25BN2O2. The first-order chi connectivity index (χ1) is 11.3. The normalized spacial score (nSPS) is 37.3. The second-order valence-electron chi connectivity index (χ2n) is 8.51. The number of hydrogen-bond acceptors (Lipinski definition) is 4. The fourth-order valence-corrected chi connectivity index (χ4v) is 5.17. The summed E-state index contributed by atoms with van der Waals surface area (Å²) in [5.74, 6) is 1.11. The minimum atomic E-state index is -0.342. The molecule has 0 amide bonds. The smallest absolute Gasteiger partial charge is 0.404 e. The lowest BCUT2D eigenvalue weighted by Crippen LogP contribution is -2.65. The summed E-state index contributed by atoms with van der Waals surface area (Å²) in [6, 6.07) is 9.72. The maximum absolute atomic E-state index is 8.89. The highest BCUT2D eigenvalue weighted by molar-refractivity contribution is 6.47. The summed E-state index contributed by atoms with van der Waals surface area (Å²) in [4.78, 5) is 0. The van der Waals surface area contributed by atoms with E-state index in [0.29, 0.717) is 23.3 Å². The standard InChI is InChI=1S/C19H25BN2O2/c1-18(2)14-9-15(18)19(3)16(10-14)23-20(24-19)17(22)8-12-4-6-13(11-21)7-5-12/h4-7,14-17H,8-10,22H2,1-3H3/t14-,15-,16+,17-,19-/m0/s1. The molecule has 2 bridgehead atoms. The number of benzene rings is 1. The van der Waals surface area contributed by atoms with Crippen LogP contribution in [0.2, 0.25) is 0 Å². The van der Waals surface area contributed by atoms with Gasteiger partial charge in [-0.2, -0.15) is 5.26 Å². The first-order valence-corrected chi connectivity index (χ1v) is 8.92. The maximum Gasteiger partial charge on any atom is 0.475 e. The van der Waals surface area contributed by atoms with Crippen molar-refractivity contribution in [1.82, 2.24) is 0 Å². The van der Waals surface area contributed by atoms with Crippen molar-refractivity contribution in [2.75, 3.05) is 0 Å². The number of rotatable bonds is 3. The van der Waals surface area contributed by atoms with Gasteiger partial charge in [0, 0.05) is 5.94 Å². The van der Waals surface area contributed by atoms with Gasteiger partial charge in [0.05, 0.1) is 23.3 Å². The van der Waals surface area contributed by atoms with E-state index in [1.165, 1.54) is 6.42 Å². The molecule has 4 fully saturated rings. The van der Waals surface area contributed by atoms with E-state index in [0.717, 1.165) is 17.9 Å². The molecule has 24 heavy (non-hydrogen) atoms. The second-order valence-corrected chi connectivity index (χ2v) is 8.51. The highest BCUT2D eigenvalue weighted by Gasteiger charge is 2.68. The first-order valence-electron chi connectivity index (χ1n) is 8.92. The van der Waals surface area contributed by atoms with Crippen molar-refractivity contribution in [2.24, 2.45) is 23.0 Å². The molecule has 5 atom stereocenters. The molecule has 0 radical (unpaired) electrons. The summed E-state index contributed by atoms with van der Waals surface area (Å²) in [5, 5.41) is 8.89. The number of nitrogens with two attached hydrogens (primary N) is 1. The Bertz CT molecular complexity index is 684. The van der Waals surface area contributed by atoms with Gasteiger partial charge in [-0.25, -0.2) is 0 Å². The van der Waals surface area contributed by atoms with Crippen molar-refractivity contribution in [2.45, 2.75) is 57.7 Å². The average Bonchev–Trinajstić information content (AvgIpc) is 2.92. The van der Waals surface area contributed by atoms with Gasteiger partial charge in [-0.1, -0.05) is 26.0 Å². The van der Waals surface area contributed by atoms with Crippen molar-refractivity contribution in [3.8, 4) is 6.07 Å². The quantitative estimate of drug-likeness (QED) is 0.868. The summed E-state index contributed by atoms with van der Waals surface area (Å²) in [5.41, 5.74) is 8.33. The molecule has 5 heteroatoms. The van der Waals surface area contributed by atoms with Crippen LogP contribution in [0.1, 0.15) is 44.7 Å². The third-order valence-corrected chi connectivity index (χ3v) is 6.87. The Hall–Kier alpha value is -1.35. The summed E-state index contributed by atoms with van der Waals surface area (Å²) < 4.78 is 12.7. The monoisotopic (exact) mass is 324 g/mol. The van der Waals surface area contributed by atoms with Crippen molar-refractivity contribution < 1.29 is 9.31 Å². The largest absolute Gasteiger partial charge is 0.475 e. The molecule has 1 aromatic carbocycles. The zero-order valence-electron chi connectivity index (χ0n) is 14.7. The van der Waals surface area contributed by atoms with Crippen LogP contribution >= 0.6 is 0 Å². The fourth-order valence-electron chi connectivity index (χ4n) is 5.17. The predicted molar refractivity (Wildman–Crippen MR) is 92.9 cm³/mol. The highest BCUT2D eigenvalue weighted by Crippen LogP contribution is 2.65. The Morgan fingerprint density at radius 2 is 2.00 bits per heavy atom. The van der Waals surface area contributed by atoms with Gasteiger partial charge >= 0.3 is 7.12 Å². The molecule has 1 aromatic rings. The molecule has 4 nitrogen and oxygen atoms in total. The molecule has 1 aliphatic heterocycles. The Labute approximate surface area is 144 Å². The molecule has 4 aliphatic rings. The van der Waals surface area contributed by atoms with Crippen LogP contribution in [0.15, 0.2) is 24.3 Å². The minimum absolute atomic E-state index is 0.172. The minimum Gasteiger partial charge on any atom is -0.404 e. The van der Waals surface area contributed by atoms with E-state index in [1.54, 1.807) is 0 Å². The van der Waals surface area contributed by atoms with Gasteiger partial charge < -0.3 is 15.0 Å². The maximum atomic E-state index is 8.89. The lowest BCUT2D eigenvalue weighted by Gasteiger charge is -2.64. The lowest BCUT2D eigenvalue weighted by atomic mass is 9.43. The lowest BCUT2D eigenvalue weighted by molar-refractivity contribution is -0.199. The van der Waals surface area contributed by atoms with Gasteiger partial charge in [-0.3, -0.25) is 0 Å². The van der Waals surface area contributed by atoms with Crippen LogP contribution in [-0.2, 0) is 15.7 Å². The Morgan fingerprint density at radius 1 is 1.29 bits per heavy atom. The van der Waals surface area contributed by atoms with Gasteiger partial charge in [0.15, 0.2) is 0 Å². The fraction of sp³-hybridized carbons (Fsp3) is 0.632. The summed E-state index contributed by atoms with van der Waals surface area (Å²) in [6.07, 6.45) is 3.20. The predicted octanol–water partition coefficient (Wildman–Crippen LogP) is 2.70. The van der Waals surface area contributed by atoms with Crippen LogP contribution in [-0.4, -0.2) is 24.8 Å². The summed E-state index contributed by atoms with van der Waals surface area (Å²) >= 11 is 0. The molecule has 0 spiro atoms. The van der Waals surface area contributed by atoms with Gasteiger partial charge in [-0.15, -0.1) is 0 Å². The molecule has 1 saturated heterocycles. The molecule has 5 rings (SSSR count). The van der Waals surface area contributed by atoms with Gasteiger partial charge in [0.2, 0.25) is 0 Å². The van der Waals surface area contributed by atoms with Crippen molar-refractivity contribution in [1.29, 1.82) is 5.26 Å². The van der Waals surface area contributed by atoms with Crippen molar-refractivity contribution in [3.05, 3.63) is 35.4 Å². The van der Waals surface area contributed by atoms with Crippen LogP contribution in [0.4, 0.5) is 0 Å². The average molecular weight is 324 g/mol. The van der Waals surface area contributed by atoms with Crippen LogP contribution < -0.4 is 5.73 Å². The summed E-state index contributed by atoms with van der Waals surface area (Å²) in [6.45, 7) is 6.94. The molecule has 126 valence electrons. The van der Waals surface area contributed by atoms with E-state index in [1.807, 2.05) is 24.3 Å². The van der Waals surface area contributed by atoms with Crippen molar-refractivity contribution in [3.63, 3.8) is 0 Å². The van der Waals surface area contributed by atoms with E-state index in [4.69, 9.17) is 20.3 Å². The van der Waals surface area contributed by atoms with Crippen molar-refractivity contribution >= 4 is 7.12 Å². The second kappa shape index (κ2) is 5.32. The molecule has 3 aliphatic carbocycles. The number of hydrogen-bond donors (Lipinski definition) is 1. The molecule has 2 N–H and O–H groups in total. The van der Waals surface area contributed by atoms with Crippen LogP contribution in [0, 0.1) is 28.6 Å². The van der Waals surface area contributed by atoms with Gasteiger partial charge in [0.25, 0.3) is 0 Å². The Morgan fingerprint density at radius 3 is 2.62 bits per heavy atom. The first kappa shape index (κ1) is 16.1. The summed E-state index contributed by atoms with van der Waals surface area (Å²) in [7, 11) is -0.342.